The lowest BCUT2D eigenvalue weighted by Gasteiger charge is -2.22. The van der Waals surface area contributed by atoms with E-state index in [1.807, 2.05) is 0 Å². The van der Waals surface area contributed by atoms with Gasteiger partial charge in [0.25, 0.3) is 0 Å². The van der Waals surface area contributed by atoms with E-state index in [1.165, 1.54) is 327 Å². The van der Waals surface area contributed by atoms with E-state index in [0.717, 1.165) is 57.8 Å². The fraction of sp³-hybridized carbons (Fsp3) is 0.873. The molecule has 0 radical (unpaired) electrons. The first-order chi connectivity index (χ1) is 42.0. The van der Waals surface area contributed by atoms with Crippen LogP contribution in [0.5, 0.6) is 0 Å². The SMILES string of the molecule is CCCCC/C=C\C/C=C\CCCCCCCCCCCC(=O)OCCCCCCCCCCCCC/C=C\C/C=C\CCCCCCCCCCCCCCCCCCCC(=O)NC(CO)C(O)CCCCCCCCCCCCCCCC. The molecule has 85 heavy (non-hydrogen) atoms. The molecule has 0 aliphatic rings. The standard InChI is InChI=1S/C79H149NO5/c1-3-5-7-9-11-13-15-17-19-20-38-42-45-49-53-57-61-65-69-73-79(84)85-74-70-66-62-58-54-50-46-43-40-37-35-33-31-29-27-25-23-21-22-24-26-28-30-32-34-36-39-41-44-48-52-56-60-64-68-72-78(83)80-76(75-81)77(82)71-67-63-59-55-51-47-18-16-14-12-10-8-6-4-2/h11,13,17,19,23,25,29,31,76-77,81-82H,3-10,12,14-16,18,20-22,24,26-28,30,32-75H2,1-2H3,(H,80,83)/b13-11-,19-17-,25-23-,31-29-. The van der Waals surface area contributed by atoms with Crippen molar-refractivity contribution in [2.45, 2.75) is 431 Å². The van der Waals surface area contributed by atoms with Gasteiger partial charge in [0.2, 0.25) is 5.91 Å². The third-order valence-electron chi connectivity index (χ3n) is 17.9. The zero-order chi connectivity index (χ0) is 61.3. The molecule has 0 heterocycles. The maximum absolute atomic E-state index is 12.5. The van der Waals surface area contributed by atoms with E-state index in [4.69, 9.17) is 4.74 Å². The van der Waals surface area contributed by atoms with E-state index in [-0.39, 0.29) is 18.5 Å². The Morgan fingerprint density at radius 3 is 0.918 bits per heavy atom. The number of hydrogen-bond donors (Lipinski definition) is 3. The maximum Gasteiger partial charge on any atom is 0.305 e. The number of ether oxygens (including phenoxy) is 1. The predicted molar refractivity (Wildman–Crippen MR) is 375 cm³/mol. The van der Waals surface area contributed by atoms with Crippen molar-refractivity contribution in [3.63, 3.8) is 0 Å². The molecule has 0 spiro atoms. The third kappa shape index (κ3) is 70.8. The first-order valence-electron chi connectivity index (χ1n) is 38.4. The molecule has 0 saturated carbocycles. The lowest BCUT2D eigenvalue weighted by Crippen LogP contribution is -2.45. The normalized spacial score (nSPS) is 12.8. The summed E-state index contributed by atoms with van der Waals surface area (Å²) in [6.45, 7) is 4.96. The van der Waals surface area contributed by atoms with Crippen LogP contribution in [0.2, 0.25) is 0 Å². The molecule has 0 aliphatic heterocycles. The number of hydrogen-bond acceptors (Lipinski definition) is 5. The Morgan fingerprint density at radius 1 is 0.329 bits per heavy atom. The molecule has 0 aromatic rings. The van der Waals surface area contributed by atoms with Gasteiger partial charge in [-0.1, -0.05) is 364 Å². The van der Waals surface area contributed by atoms with E-state index in [9.17, 15) is 19.8 Å². The molecule has 0 bridgehead atoms. The highest BCUT2D eigenvalue weighted by Crippen LogP contribution is 2.19. The van der Waals surface area contributed by atoms with Gasteiger partial charge in [0.1, 0.15) is 0 Å². The second-order valence-electron chi connectivity index (χ2n) is 26.3. The molecular weight excluding hydrogens is 1040 g/mol. The fourth-order valence-electron chi connectivity index (χ4n) is 12.0. The van der Waals surface area contributed by atoms with Gasteiger partial charge in [0.15, 0.2) is 0 Å². The van der Waals surface area contributed by atoms with Crippen molar-refractivity contribution in [3.05, 3.63) is 48.6 Å². The van der Waals surface area contributed by atoms with Crippen LogP contribution in [0, 0.1) is 0 Å². The van der Waals surface area contributed by atoms with Crippen molar-refractivity contribution in [1.82, 2.24) is 5.32 Å². The van der Waals surface area contributed by atoms with Gasteiger partial charge in [-0.3, -0.25) is 9.59 Å². The van der Waals surface area contributed by atoms with E-state index < -0.39 is 12.1 Å². The molecule has 1 amide bonds. The van der Waals surface area contributed by atoms with Crippen molar-refractivity contribution < 1.29 is 24.5 Å². The lowest BCUT2D eigenvalue weighted by molar-refractivity contribution is -0.143. The number of rotatable bonds is 72. The smallest absolute Gasteiger partial charge is 0.305 e. The molecule has 6 nitrogen and oxygen atoms in total. The summed E-state index contributed by atoms with van der Waals surface area (Å²) in [5.74, 6) is -0.0170. The predicted octanol–water partition coefficient (Wildman–Crippen LogP) is 25.2. The van der Waals surface area contributed by atoms with Crippen molar-refractivity contribution in [2.24, 2.45) is 0 Å². The van der Waals surface area contributed by atoms with Gasteiger partial charge in [-0.05, 0) is 89.9 Å². The van der Waals surface area contributed by atoms with Gasteiger partial charge in [0, 0.05) is 12.8 Å². The molecule has 2 atom stereocenters. The molecule has 0 saturated heterocycles. The van der Waals surface area contributed by atoms with Crippen LogP contribution in [0.25, 0.3) is 0 Å². The van der Waals surface area contributed by atoms with Crippen LogP contribution in [0.4, 0.5) is 0 Å². The molecule has 500 valence electrons. The summed E-state index contributed by atoms with van der Waals surface area (Å²) >= 11 is 0. The highest BCUT2D eigenvalue weighted by Gasteiger charge is 2.20. The molecule has 2 unspecified atom stereocenters. The van der Waals surface area contributed by atoms with Gasteiger partial charge in [-0.2, -0.15) is 0 Å². The van der Waals surface area contributed by atoms with E-state index in [1.54, 1.807) is 0 Å². The molecule has 0 rings (SSSR count). The highest BCUT2D eigenvalue weighted by molar-refractivity contribution is 5.76. The summed E-state index contributed by atoms with van der Waals surface area (Å²) in [4.78, 5) is 24.6. The van der Waals surface area contributed by atoms with Crippen molar-refractivity contribution >= 4 is 11.9 Å². The number of esters is 1. The van der Waals surface area contributed by atoms with E-state index in [2.05, 4.69) is 67.8 Å². The Labute approximate surface area is 531 Å². The van der Waals surface area contributed by atoms with Gasteiger partial charge in [-0.15, -0.1) is 0 Å². The highest BCUT2D eigenvalue weighted by atomic mass is 16.5. The Bertz CT molecular complexity index is 1420. The maximum atomic E-state index is 12.5. The third-order valence-corrected chi connectivity index (χ3v) is 17.9. The van der Waals surface area contributed by atoms with E-state index in [0.29, 0.717) is 25.9 Å². The van der Waals surface area contributed by atoms with Crippen molar-refractivity contribution in [2.75, 3.05) is 13.2 Å². The lowest BCUT2D eigenvalue weighted by atomic mass is 10.0. The number of nitrogens with one attached hydrogen (secondary N) is 1. The van der Waals surface area contributed by atoms with Crippen LogP contribution in [-0.2, 0) is 14.3 Å². The van der Waals surface area contributed by atoms with Gasteiger partial charge in [-0.25, -0.2) is 0 Å². The number of aliphatic hydroxyl groups excluding tert-OH is 2. The zero-order valence-electron chi connectivity index (χ0n) is 57.4. The number of unbranched alkanes of at least 4 members (excludes halogenated alkanes) is 53. The summed E-state index contributed by atoms with van der Waals surface area (Å²) in [7, 11) is 0. The molecule has 0 aliphatic carbocycles. The Hall–Kier alpha value is -2.18. The summed E-state index contributed by atoms with van der Waals surface area (Å²) in [6.07, 6.45) is 97.6. The summed E-state index contributed by atoms with van der Waals surface area (Å²) in [6, 6.07) is -0.540. The average molecular weight is 1190 g/mol. The van der Waals surface area contributed by atoms with Crippen LogP contribution < -0.4 is 5.32 Å². The van der Waals surface area contributed by atoms with Gasteiger partial charge in [0.05, 0.1) is 25.4 Å². The molecule has 0 aromatic heterocycles. The molecule has 3 N–H and O–H groups in total. The molecule has 0 aromatic carbocycles. The molecule has 0 fully saturated rings. The minimum Gasteiger partial charge on any atom is -0.466 e. The number of allylic oxidation sites excluding steroid dienone is 8. The van der Waals surface area contributed by atoms with Gasteiger partial charge < -0.3 is 20.3 Å². The van der Waals surface area contributed by atoms with Crippen molar-refractivity contribution in [3.8, 4) is 0 Å². The fourth-order valence-corrected chi connectivity index (χ4v) is 12.0. The second kappa shape index (κ2) is 74.3. The summed E-state index contributed by atoms with van der Waals surface area (Å²) in [5.41, 5.74) is 0. The molecule has 6 heteroatoms. The first kappa shape index (κ1) is 82.8. The average Bonchev–Trinajstić information content (AvgIpc) is 3.51. The number of aliphatic hydroxyl groups is 2. The number of carbonyl (C=O) groups excluding carboxylic acids is 2. The van der Waals surface area contributed by atoms with Gasteiger partial charge >= 0.3 is 5.97 Å². The number of amides is 1. The Morgan fingerprint density at radius 2 is 0.588 bits per heavy atom. The van der Waals surface area contributed by atoms with Crippen LogP contribution >= 0.6 is 0 Å². The Kier molecular flexibility index (Phi) is 72.4. The second-order valence-corrected chi connectivity index (χ2v) is 26.3. The quantitative estimate of drug-likeness (QED) is 0.0320. The first-order valence-corrected chi connectivity index (χ1v) is 38.4. The molecular formula is C79H149NO5. The summed E-state index contributed by atoms with van der Waals surface area (Å²) in [5, 5.41) is 23.3. The van der Waals surface area contributed by atoms with Crippen molar-refractivity contribution in [1.29, 1.82) is 0 Å². The summed E-state index contributed by atoms with van der Waals surface area (Å²) < 4.78 is 5.51. The minimum atomic E-state index is -0.663. The number of carbonyl (C=O) groups is 2. The zero-order valence-corrected chi connectivity index (χ0v) is 57.4. The van der Waals surface area contributed by atoms with Crippen LogP contribution in [0.15, 0.2) is 48.6 Å². The Balaban J connectivity index is 3.35. The van der Waals surface area contributed by atoms with Crippen LogP contribution in [-0.4, -0.2) is 47.4 Å². The topological polar surface area (TPSA) is 95.9 Å². The monoisotopic (exact) mass is 1190 g/mol. The minimum absolute atomic E-state index is 0.0133. The van der Waals surface area contributed by atoms with E-state index >= 15 is 0 Å². The van der Waals surface area contributed by atoms with Crippen LogP contribution in [0.3, 0.4) is 0 Å². The largest absolute Gasteiger partial charge is 0.466 e. The van der Waals surface area contributed by atoms with Crippen LogP contribution in [0.1, 0.15) is 418 Å².